The predicted octanol–water partition coefficient (Wildman–Crippen LogP) is 5.08. The molecule has 1 heterocycles. The van der Waals surface area contributed by atoms with Crippen LogP contribution in [0.1, 0.15) is 5.56 Å². The van der Waals surface area contributed by atoms with Gasteiger partial charge in [0, 0.05) is 10.2 Å². The number of nitrogens with zero attached hydrogens (tertiary/aromatic N) is 2. The lowest BCUT2D eigenvalue weighted by Gasteiger charge is -2.05. The molecule has 0 saturated carbocycles. The zero-order chi connectivity index (χ0) is 17.6. The zero-order valence-electron chi connectivity index (χ0n) is 13.3. The number of amides is 1. The number of carbonyl (C=O) groups is 1. The van der Waals surface area contributed by atoms with Gasteiger partial charge in [-0.05, 0) is 47.1 Å². The van der Waals surface area contributed by atoms with Crippen LogP contribution in [0.4, 0.5) is 16.5 Å². The van der Waals surface area contributed by atoms with Crippen LogP contribution in [-0.4, -0.2) is 21.9 Å². The van der Waals surface area contributed by atoms with Crippen molar-refractivity contribution < 1.29 is 4.79 Å². The summed E-state index contributed by atoms with van der Waals surface area (Å²) >= 11 is 6.20. The average molecular weight is 435 g/mol. The summed E-state index contributed by atoms with van der Waals surface area (Å²) in [6, 6.07) is 15.6. The molecule has 128 valence electrons. The van der Waals surface area contributed by atoms with Gasteiger partial charge in [0.1, 0.15) is 0 Å². The lowest BCUT2D eigenvalue weighted by atomic mass is 10.2. The Morgan fingerprint density at radius 1 is 1.16 bits per heavy atom. The van der Waals surface area contributed by atoms with Gasteiger partial charge in [0.15, 0.2) is 4.34 Å². The second-order valence-corrected chi connectivity index (χ2v) is 8.24. The number of aromatic nitrogens is 2. The Morgan fingerprint density at radius 2 is 1.92 bits per heavy atom. The fraction of sp³-hybridized carbons (Fsp3) is 0.118. The summed E-state index contributed by atoms with van der Waals surface area (Å²) < 4.78 is 1.60. The van der Waals surface area contributed by atoms with Crippen molar-refractivity contribution in [1.82, 2.24) is 10.2 Å². The Morgan fingerprint density at radius 3 is 2.68 bits per heavy atom. The maximum atomic E-state index is 12.1. The van der Waals surface area contributed by atoms with Gasteiger partial charge in [-0.3, -0.25) is 4.79 Å². The second-order valence-electron chi connectivity index (χ2n) is 5.18. The van der Waals surface area contributed by atoms with Crippen LogP contribution in [0.5, 0.6) is 0 Å². The van der Waals surface area contributed by atoms with E-state index in [4.69, 9.17) is 0 Å². The SMILES string of the molecule is Cc1ccc(Nc2nnc(SCC(=O)Nc3ccccc3Br)s2)cc1. The molecule has 0 atom stereocenters. The lowest BCUT2D eigenvalue weighted by Crippen LogP contribution is -2.14. The number of halogens is 1. The predicted molar refractivity (Wildman–Crippen MR) is 108 cm³/mol. The van der Waals surface area contributed by atoms with Crippen LogP contribution >= 0.6 is 39.0 Å². The van der Waals surface area contributed by atoms with E-state index >= 15 is 0 Å². The van der Waals surface area contributed by atoms with E-state index in [1.165, 1.54) is 28.7 Å². The molecule has 2 N–H and O–H groups in total. The minimum absolute atomic E-state index is 0.0832. The molecule has 1 amide bonds. The summed E-state index contributed by atoms with van der Waals surface area (Å²) in [5, 5.41) is 15.0. The highest BCUT2D eigenvalue weighted by molar-refractivity contribution is 9.10. The van der Waals surface area contributed by atoms with Crippen molar-refractivity contribution in [2.45, 2.75) is 11.3 Å². The van der Waals surface area contributed by atoms with Gasteiger partial charge in [0.2, 0.25) is 11.0 Å². The van der Waals surface area contributed by atoms with Gasteiger partial charge >= 0.3 is 0 Å². The average Bonchev–Trinajstić information content (AvgIpc) is 3.05. The molecule has 0 aliphatic rings. The van der Waals surface area contributed by atoms with Crippen LogP contribution in [0.25, 0.3) is 0 Å². The number of hydrogen-bond acceptors (Lipinski definition) is 6. The van der Waals surface area contributed by atoms with Crippen molar-refractivity contribution in [2.24, 2.45) is 0 Å². The topological polar surface area (TPSA) is 66.9 Å². The van der Waals surface area contributed by atoms with Crippen LogP contribution < -0.4 is 10.6 Å². The fourth-order valence-electron chi connectivity index (χ4n) is 1.96. The molecule has 3 rings (SSSR count). The Kier molecular flexibility index (Phi) is 6.06. The normalized spacial score (nSPS) is 10.5. The smallest absolute Gasteiger partial charge is 0.234 e. The van der Waals surface area contributed by atoms with Crippen molar-refractivity contribution in [3.8, 4) is 0 Å². The molecule has 0 unspecified atom stereocenters. The monoisotopic (exact) mass is 434 g/mol. The molecule has 0 aliphatic carbocycles. The van der Waals surface area contributed by atoms with E-state index in [0.717, 1.165) is 20.2 Å². The van der Waals surface area contributed by atoms with Crippen molar-refractivity contribution in [1.29, 1.82) is 0 Å². The number of carbonyl (C=O) groups excluding carboxylic acids is 1. The first-order chi connectivity index (χ1) is 12.1. The molecule has 0 bridgehead atoms. The van der Waals surface area contributed by atoms with Crippen molar-refractivity contribution >= 4 is 61.4 Å². The highest BCUT2D eigenvalue weighted by atomic mass is 79.9. The maximum absolute atomic E-state index is 12.1. The number of para-hydroxylation sites is 1. The molecule has 0 radical (unpaired) electrons. The molecule has 5 nitrogen and oxygen atoms in total. The summed E-state index contributed by atoms with van der Waals surface area (Å²) in [7, 11) is 0. The van der Waals surface area contributed by atoms with E-state index in [1.54, 1.807) is 0 Å². The standard InChI is InChI=1S/C17H15BrN4OS2/c1-11-6-8-12(9-7-11)19-16-21-22-17(25-16)24-10-15(23)20-14-5-3-2-4-13(14)18/h2-9H,10H2,1H3,(H,19,21)(H,20,23). The molecule has 25 heavy (non-hydrogen) atoms. The number of rotatable bonds is 6. The maximum Gasteiger partial charge on any atom is 0.234 e. The van der Waals surface area contributed by atoms with Crippen LogP contribution in [0.2, 0.25) is 0 Å². The van der Waals surface area contributed by atoms with Gasteiger partial charge in [-0.15, -0.1) is 10.2 Å². The van der Waals surface area contributed by atoms with E-state index in [9.17, 15) is 4.79 Å². The summed E-state index contributed by atoms with van der Waals surface area (Å²) in [4.78, 5) is 12.1. The third kappa shape index (κ3) is 5.29. The van der Waals surface area contributed by atoms with Crippen LogP contribution in [-0.2, 0) is 4.79 Å². The molecule has 0 spiro atoms. The molecule has 0 fully saturated rings. The summed E-state index contributed by atoms with van der Waals surface area (Å²) in [5.74, 6) is 0.195. The van der Waals surface area contributed by atoms with E-state index in [2.05, 4.69) is 36.8 Å². The highest BCUT2D eigenvalue weighted by Gasteiger charge is 2.10. The number of anilines is 3. The first kappa shape index (κ1) is 17.9. The third-order valence-corrected chi connectivity index (χ3v) is 5.85. The summed E-state index contributed by atoms with van der Waals surface area (Å²) in [5.41, 5.74) is 2.92. The van der Waals surface area contributed by atoms with E-state index in [0.29, 0.717) is 5.13 Å². The highest BCUT2D eigenvalue weighted by Crippen LogP contribution is 2.28. The Balaban J connectivity index is 1.52. The van der Waals surface area contributed by atoms with Gasteiger partial charge in [-0.1, -0.05) is 52.9 Å². The van der Waals surface area contributed by atoms with E-state index < -0.39 is 0 Å². The van der Waals surface area contributed by atoms with Gasteiger partial charge in [0.05, 0.1) is 11.4 Å². The van der Waals surface area contributed by atoms with E-state index in [-0.39, 0.29) is 11.7 Å². The van der Waals surface area contributed by atoms with E-state index in [1.807, 2.05) is 55.5 Å². The molecule has 3 aromatic rings. The Labute approximate surface area is 162 Å². The number of nitrogens with one attached hydrogen (secondary N) is 2. The zero-order valence-corrected chi connectivity index (χ0v) is 16.5. The first-order valence-electron chi connectivity index (χ1n) is 7.44. The molecule has 0 saturated heterocycles. The number of thioether (sulfide) groups is 1. The lowest BCUT2D eigenvalue weighted by molar-refractivity contribution is -0.113. The number of hydrogen-bond donors (Lipinski definition) is 2. The van der Waals surface area contributed by atoms with Gasteiger partial charge in [-0.2, -0.15) is 0 Å². The molecular formula is C17H15BrN4OS2. The van der Waals surface area contributed by atoms with Gasteiger partial charge < -0.3 is 10.6 Å². The Bertz CT molecular complexity index is 867. The molecule has 1 aromatic heterocycles. The number of aryl methyl sites for hydroxylation is 1. The van der Waals surface area contributed by atoms with Crippen LogP contribution in [0.3, 0.4) is 0 Å². The van der Waals surface area contributed by atoms with Gasteiger partial charge in [-0.25, -0.2) is 0 Å². The first-order valence-corrected chi connectivity index (χ1v) is 10.0. The van der Waals surface area contributed by atoms with Crippen LogP contribution in [0.15, 0.2) is 57.3 Å². The molecule has 8 heteroatoms. The molecule has 2 aromatic carbocycles. The Hall–Kier alpha value is -1.90. The third-order valence-electron chi connectivity index (χ3n) is 3.18. The minimum atomic E-state index is -0.0832. The second kappa shape index (κ2) is 8.46. The largest absolute Gasteiger partial charge is 0.330 e. The van der Waals surface area contributed by atoms with Gasteiger partial charge in [0.25, 0.3) is 0 Å². The van der Waals surface area contributed by atoms with Crippen molar-refractivity contribution in [2.75, 3.05) is 16.4 Å². The minimum Gasteiger partial charge on any atom is -0.330 e. The quantitative estimate of drug-likeness (QED) is 0.529. The fourth-order valence-corrected chi connectivity index (χ4v) is 3.91. The van der Waals surface area contributed by atoms with Crippen molar-refractivity contribution in [3.05, 3.63) is 58.6 Å². The summed E-state index contributed by atoms with van der Waals surface area (Å²) in [6.07, 6.45) is 0. The van der Waals surface area contributed by atoms with Crippen molar-refractivity contribution in [3.63, 3.8) is 0 Å². The number of benzene rings is 2. The molecule has 0 aliphatic heterocycles. The summed E-state index contributed by atoms with van der Waals surface area (Å²) in [6.45, 7) is 2.04. The van der Waals surface area contributed by atoms with Crippen LogP contribution in [0, 0.1) is 6.92 Å². The molecular weight excluding hydrogens is 420 g/mol.